The van der Waals surface area contributed by atoms with E-state index in [1.165, 1.54) is 31.7 Å². The van der Waals surface area contributed by atoms with Crippen LogP contribution in [0.25, 0.3) is 0 Å². The molecule has 4 heteroatoms. The summed E-state index contributed by atoms with van der Waals surface area (Å²) in [6.07, 6.45) is 4.96. The van der Waals surface area contributed by atoms with Crippen LogP contribution in [-0.4, -0.2) is 25.5 Å². The summed E-state index contributed by atoms with van der Waals surface area (Å²) in [5.41, 5.74) is 1.38. The summed E-state index contributed by atoms with van der Waals surface area (Å²) in [6.45, 7) is 8.82. The van der Waals surface area contributed by atoms with E-state index >= 15 is 0 Å². The molecule has 1 rings (SSSR count). The zero-order chi connectivity index (χ0) is 17.8. The first-order valence-electron chi connectivity index (χ1n) is 9.08. The number of ether oxygens (including phenoxy) is 3. The van der Waals surface area contributed by atoms with Crippen LogP contribution in [0.1, 0.15) is 71.3 Å². The topological polar surface area (TPSA) is 44.8 Å². The van der Waals surface area contributed by atoms with Crippen molar-refractivity contribution in [1.29, 1.82) is 0 Å². The van der Waals surface area contributed by atoms with Crippen LogP contribution in [0.3, 0.4) is 0 Å². The Morgan fingerprint density at radius 3 is 2.33 bits per heavy atom. The molecule has 0 aliphatic heterocycles. The number of benzene rings is 1. The molecule has 0 radical (unpaired) electrons. The van der Waals surface area contributed by atoms with E-state index in [1.807, 2.05) is 19.1 Å². The maximum atomic E-state index is 10.6. The largest absolute Gasteiger partial charge is 0.466 e. The van der Waals surface area contributed by atoms with Crippen LogP contribution in [0.2, 0.25) is 0 Å². The lowest BCUT2D eigenvalue weighted by Crippen LogP contribution is -2.17. The van der Waals surface area contributed by atoms with Crippen molar-refractivity contribution in [2.75, 3.05) is 13.2 Å². The predicted molar refractivity (Wildman–Crippen MR) is 96.3 cm³/mol. The molecule has 0 amide bonds. The van der Waals surface area contributed by atoms with Gasteiger partial charge in [0.05, 0.1) is 13.2 Å². The molecule has 0 bridgehead atoms. The van der Waals surface area contributed by atoms with Gasteiger partial charge in [0, 0.05) is 6.92 Å². The molecule has 2 unspecified atom stereocenters. The van der Waals surface area contributed by atoms with Crippen molar-refractivity contribution in [3.63, 3.8) is 0 Å². The highest BCUT2D eigenvalue weighted by Crippen LogP contribution is 2.26. The Balaban J connectivity index is 2.29. The fourth-order valence-electron chi connectivity index (χ4n) is 2.67. The van der Waals surface area contributed by atoms with Gasteiger partial charge in [-0.05, 0) is 56.2 Å². The van der Waals surface area contributed by atoms with Crippen molar-refractivity contribution in [2.45, 2.75) is 72.0 Å². The highest BCUT2D eigenvalue weighted by molar-refractivity contribution is 5.65. The van der Waals surface area contributed by atoms with Crippen LogP contribution in [0.4, 0.5) is 0 Å². The molecule has 1 aromatic carbocycles. The normalized spacial score (nSPS) is 13.3. The molecule has 0 aliphatic rings. The molecule has 0 aromatic heterocycles. The predicted octanol–water partition coefficient (Wildman–Crippen LogP) is 5.07. The summed E-state index contributed by atoms with van der Waals surface area (Å²) in [4.78, 5) is 10.6. The number of hydrogen-bond donors (Lipinski definition) is 0. The van der Waals surface area contributed by atoms with E-state index in [1.54, 1.807) is 0 Å². The Labute approximate surface area is 146 Å². The molecule has 0 N–H and O–H groups in total. The van der Waals surface area contributed by atoms with Gasteiger partial charge in [0.2, 0.25) is 0 Å². The van der Waals surface area contributed by atoms with E-state index in [2.05, 4.69) is 26.0 Å². The molecule has 0 aliphatic carbocycles. The van der Waals surface area contributed by atoms with E-state index in [0.29, 0.717) is 19.1 Å². The molecular weight excluding hydrogens is 304 g/mol. The van der Waals surface area contributed by atoms with E-state index in [0.717, 1.165) is 18.6 Å². The number of carbonyl (C=O) groups is 1. The van der Waals surface area contributed by atoms with Crippen LogP contribution < -0.4 is 4.74 Å². The van der Waals surface area contributed by atoms with Gasteiger partial charge in [-0.1, -0.05) is 32.4 Å². The lowest BCUT2D eigenvalue weighted by atomic mass is 9.92. The quantitative estimate of drug-likeness (QED) is 0.304. The minimum Gasteiger partial charge on any atom is -0.466 e. The van der Waals surface area contributed by atoms with Gasteiger partial charge >= 0.3 is 5.97 Å². The fourth-order valence-corrected chi connectivity index (χ4v) is 2.67. The Kier molecular flexibility index (Phi) is 10.2. The summed E-state index contributed by atoms with van der Waals surface area (Å²) in [5, 5.41) is 0. The molecule has 0 spiro atoms. The minimum absolute atomic E-state index is 0.236. The van der Waals surface area contributed by atoms with Crippen LogP contribution in [0.5, 0.6) is 5.75 Å². The third kappa shape index (κ3) is 8.34. The lowest BCUT2D eigenvalue weighted by Gasteiger charge is -2.17. The van der Waals surface area contributed by atoms with Crippen molar-refractivity contribution in [1.82, 2.24) is 0 Å². The second-order valence-corrected chi connectivity index (χ2v) is 6.07. The van der Waals surface area contributed by atoms with Crippen LogP contribution in [-0.2, 0) is 14.3 Å². The highest BCUT2D eigenvalue weighted by atomic mass is 16.7. The van der Waals surface area contributed by atoms with Crippen molar-refractivity contribution >= 4 is 5.97 Å². The maximum absolute atomic E-state index is 10.6. The third-order valence-corrected chi connectivity index (χ3v) is 3.98. The molecule has 2 atom stereocenters. The average molecular weight is 336 g/mol. The van der Waals surface area contributed by atoms with Crippen molar-refractivity contribution < 1.29 is 19.0 Å². The second kappa shape index (κ2) is 11.9. The monoisotopic (exact) mass is 336 g/mol. The summed E-state index contributed by atoms with van der Waals surface area (Å²) in [5.74, 6) is 1.23. The number of unbranched alkanes of at least 4 members (excludes halogenated alkanes) is 1. The van der Waals surface area contributed by atoms with E-state index < -0.39 is 0 Å². The SMILES string of the molecule is CCCC(CC)c1ccc(OC(C)OCCCCOC(C)=O)cc1. The summed E-state index contributed by atoms with van der Waals surface area (Å²) in [6, 6.07) is 8.36. The first kappa shape index (κ1) is 20.5. The Hall–Kier alpha value is -1.55. The molecule has 1 aromatic rings. The highest BCUT2D eigenvalue weighted by Gasteiger charge is 2.09. The van der Waals surface area contributed by atoms with Crippen LogP contribution >= 0.6 is 0 Å². The summed E-state index contributed by atoms with van der Waals surface area (Å²) >= 11 is 0. The molecule has 0 heterocycles. The molecule has 0 saturated carbocycles. The molecule has 4 nitrogen and oxygen atoms in total. The van der Waals surface area contributed by atoms with Crippen molar-refractivity contribution in [3.8, 4) is 5.75 Å². The summed E-state index contributed by atoms with van der Waals surface area (Å²) in [7, 11) is 0. The smallest absolute Gasteiger partial charge is 0.302 e. The number of esters is 1. The molecule has 0 fully saturated rings. The molecule has 0 saturated heterocycles. The first-order valence-corrected chi connectivity index (χ1v) is 9.08. The van der Waals surface area contributed by atoms with E-state index in [4.69, 9.17) is 14.2 Å². The first-order chi connectivity index (χ1) is 11.6. The van der Waals surface area contributed by atoms with Gasteiger partial charge in [0.1, 0.15) is 5.75 Å². The fraction of sp³-hybridized carbons (Fsp3) is 0.650. The van der Waals surface area contributed by atoms with Crippen LogP contribution in [0.15, 0.2) is 24.3 Å². The van der Waals surface area contributed by atoms with Gasteiger partial charge in [-0.3, -0.25) is 4.79 Å². The minimum atomic E-state index is -0.290. The average Bonchev–Trinajstić information content (AvgIpc) is 2.56. The molecular formula is C20H32O4. The molecule has 24 heavy (non-hydrogen) atoms. The second-order valence-electron chi connectivity index (χ2n) is 6.07. The maximum Gasteiger partial charge on any atom is 0.302 e. The van der Waals surface area contributed by atoms with Crippen LogP contribution in [0, 0.1) is 0 Å². The Morgan fingerprint density at radius 1 is 1.08 bits per heavy atom. The zero-order valence-corrected chi connectivity index (χ0v) is 15.5. The number of hydrogen-bond acceptors (Lipinski definition) is 4. The van der Waals surface area contributed by atoms with Gasteiger partial charge in [-0.25, -0.2) is 0 Å². The van der Waals surface area contributed by atoms with E-state index in [9.17, 15) is 4.79 Å². The van der Waals surface area contributed by atoms with E-state index in [-0.39, 0.29) is 12.3 Å². The van der Waals surface area contributed by atoms with Gasteiger partial charge in [0.15, 0.2) is 6.29 Å². The molecule has 136 valence electrons. The zero-order valence-electron chi connectivity index (χ0n) is 15.5. The van der Waals surface area contributed by atoms with Crippen molar-refractivity contribution in [2.24, 2.45) is 0 Å². The van der Waals surface area contributed by atoms with Gasteiger partial charge in [0.25, 0.3) is 0 Å². The van der Waals surface area contributed by atoms with Gasteiger partial charge in [-0.2, -0.15) is 0 Å². The number of rotatable bonds is 12. The third-order valence-electron chi connectivity index (χ3n) is 3.98. The lowest BCUT2D eigenvalue weighted by molar-refractivity contribution is -0.141. The number of carbonyl (C=O) groups excluding carboxylic acids is 1. The van der Waals surface area contributed by atoms with Gasteiger partial charge in [-0.15, -0.1) is 0 Å². The van der Waals surface area contributed by atoms with Gasteiger partial charge < -0.3 is 14.2 Å². The Morgan fingerprint density at radius 2 is 1.75 bits per heavy atom. The Bertz CT molecular complexity index is 455. The standard InChI is InChI=1S/C20H32O4/c1-5-9-18(6-2)19-10-12-20(13-11-19)24-17(4)23-15-8-7-14-22-16(3)21/h10-13,17-18H,5-9,14-15H2,1-4H3. The van der Waals surface area contributed by atoms with Crippen molar-refractivity contribution in [3.05, 3.63) is 29.8 Å². The summed E-state index contributed by atoms with van der Waals surface area (Å²) < 4.78 is 16.3.